The molecule has 0 spiro atoms. The monoisotopic (exact) mass is 488 g/mol. The first kappa shape index (κ1) is 23.6. The molecule has 1 amide bonds. The normalized spacial score (nSPS) is 19.6. The second kappa shape index (κ2) is 9.49. The molecule has 2 N–H and O–H groups in total. The number of carbonyl (C=O) groups excluding carboxylic acids is 2. The Morgan fingerprint density at radius 2 is 1.58 bits per heavy atom. The highest BCUT2D eigenvalue weighted by Gasteiger charge is 2.41. The molecule has 3 aromatic rings. The average Bonchev–Trinajstić information content (AvgIpc) is 2.85. The summed E-state index contributed by atoms with van der Waals surface area (Å²) in [7, 11) is 0. The van der Waals surface area contributed by atoms with Crippen LogP contribution in [0.5, 0.6) is 0 Å². The van der Waals surface area contributed by atoms with Crippen molar-refractivity contribution in [3.8, 4) is 0 Å². The number of ketones is 1. The van der Waals surface area contributed by atoms with Gasteiger partial charge in [-0.05, 0) is 54.7 Å². The lowest BCUT2D eigenvalue weighted by Crippen LogP contribution is -2.37. The number of rotatable bonds is 4. The summed E-state index contributed by atoms with van der Waals surface area (Å²) in [6.45, 7) is 1.72. The maximum absolute atomic E-state index is 14.3. The van der Waals surface area contributed by atoms with Gasteiger partial charge in [0.25, 0.3) is 5.91 Å². The molecule has 5 rings (SSSR count). The SMILES string of the molecule is CC1=C(C(=O)Nc2ccc(F)cc2F)[C@@H](c2ccc(F)cc2)C2=C(C[C@H](c3ccccc3)CC2=O)N1. The number of Topliss-reactive ketones (excluding diaryl/α,β-unsaturated/α-hetero) is 1. The molecule has 0 saturated carbocycles. The Kier molecular flexibility index (Phi) is 6.22. The first-order valence-electron chi connectivity index (χ1n) is 11.6. The zero-order valence-electron chi connectivity index (χ0n) is 19.4. The molecule has 0 aromatic heterocycles. The van der Waals surface area contributed by atoms with Gasteiger partial charge in [0.1, 0.15) is 17.5 Å². The quantitative estimate of drug-likeness (QED) is 0.466. The van der Waals surface area contributed by atoms with E-state index >= 15 is 0 Å². The van der Waals surface area contributed by atoms with Gasteiger partial charge in [-0.25, -0.2) is 13.2 Å². The summed E-state index contributed by atoms with van der Waals surface area (Å²) in [5.74, 6) is -3.66. The standard InChI is InChI=1S/C29H23F3N2O2/c1-16-26(29(36)34-23-12-11-21(31)15-22(23)32)27(18-7-9-20(30)10-8-18)28-24(33-16)13-19(14-25(28)35)17-5-3-2-4-6-17/h2-12,15,19,27,33H,13-14H2,1H3,(H,34,36)/t19-,27+/m0/s1. The van der Waals surface area contributed by atoms with Crippen molar-refractivity contribution in [2.24, 2.45) is 0 Å². The van der Waals surface area contributed by atoms with Crippen LogP contribution in [0, 0.1) is 17.5 Å². The van der Waals surface area contributed by atoms with Gasteiger partial charge in [0.05, 0.1) is 5.69 Å². The van der Waals surface area contributed by atoms with E-state index in [-0.39, 0.29) is 29.4 Å². The van der Waals surface area contributed by atoms with Gasteiger partial charge < -0.3 is 10.6 Å². The first-order valence-corrected chi connectivity index (χ1v) is 11.6. The van der Waals surface area contributed by atoms with E-state index in [1.54, 1.807) is 19.1 Å². The second-order valence-corrected chi connectivity index (χ2v) is 9.06. The summed E-state index contributed by atoms with van der Waals surface area (Å²) in [6, 6.07) is 18.3. The number of dihydropyridines is 1. The van der Waals surface area contributed by atoms with Gasteiger partial charge in [-0.3, -0.25) is 9.59 Å². The summed E-state index contributed by atoms with van der Waals surface area (Å²) < 4.78 is 41.4. The van der Waals surface area contributed by atoms with Gasteiger partial charge in [-0.1, -0.05) is 42.5 Å². The molecule has 7 heteroatoms. The smallest absolute Gasteiger partial charge is 0.254 e. The Hall–Kier alpha value is -4.13. The molecule has 1 aliphatic carbocycles. The van der Waals surface area contributed by atoms with Crippen molar-refractivity contribution in [1.82, 2.24) is 5.32 Å². The molecule has 3 aromatic carbocycles. The largest absolute Gasteiger partial charge is 0.362 e. The van der Waals surface area contributed by atoms with E-state index < -0.39 is 29.3 Å². The Labute approximate surface area is 206 Å². The van der Waals surface area contributed by atoms with Crippen LogP contribution in [0.1, 0.15) is 42.7 Å². The van der Waals surface area contributed by atoms with Gasteiger partial charge in [0.15, 0.2) is 5.78 Å². The molecule has 2 aliphatic rings. The second-order valence-electron chi connectivity index (χ2n) is 9.06. The van der Waals surface area contributed by atoms with E-state index in [1.165, 1.54) is 12.1 Å². The minimum atomic E-state index is -0.914. The molecule has 0 unspecified atom stereocenters. The molecule has 0 radical (unpaired) electrons. The van der Waals surface area contributed by atoms with Crippen molar-refractivity contribution in [3.05, 3.63) is 124 Å². The highest BCUT2D eigenvalue weighted by molar-refractivity contribution is 6.10. The fourth-order valence-electron chi connectivity index (χ4n) is 5.07. The van der Waals surface area contributed by atoms with Gasteiger partial charge >= 0.3 is 0 Å². The molecule has 0 saturated heterocycles. The van der Waals surface area contributed by atoms with Crippen LogP contribution in [0.3, 0.4) is 0 Å². The maximum atomic E-state index is 14.3. The predicted molar refractivity (Wildman–Crippen MR) is 130 cm³/mol. The molecule has 4 nitrogen and oxygen atoms in total. The van der Waals surface area contributed by atoms with Crippen LogP contribution in [0.2, 0.25) is 0 Å². The van der Waals surface area contributed by atoms with Crippen molar-refractivity contribution in [2.75, 3.05) is 5.32 Å². The summed E-state index contributed by atoms with van der Waals surface area (Å²) >= 11 is 0. The molecule has 36 heavy (non-hydrogen) atoms. The zero-order valence-corrected chi connectivity index (χ0v) is 19.4. The fourth-order valence-corrected chi connectivity index (χ4v) is 5.07. The number of carbonyl (C=O) groups is 2. The third-order valence-corrected chi connectivity index (χ3v) is 6.73. The Morgan fingerprint density at radius 3 is 2.28 bits per heavy atom. The van der Waals surface area contributed by atoms with E-state index in [0.717, 1.165) is 23.4 Å². The average molecular weight is 489 g/mol. The Balaban J connectivity index is 1.56. The number of anilines is 1. The van der Waals surface area contributed by atoms with Crippen LogP contribution in [0.15, 0.2) is 95.3 Å². The van der Waals surface area contributed by atoms with Crippen molar-refractivity contribution >= 4 is 17.4 Å². The Bertz CT molecular complexity index is 1410. The van der Waals surface area contributed by atoms with E-state index in [9.17, 15) is 22.8 Å². The van der Waals surface area contributed by atoms with Crippen molar-refractivity contribution < 1.29 is 22.8 Å². The number of hydrogen-bond donors (Lipinski definition) is 2. The molecule has 2 atom stereocenters. The lowest BCUT2D eigenvalue weighted by molar-refractivity contribution is -0.116. The van der Waals surface area contributed by atoms with Crippen LogP contribution >= 0.6 is 0 Å². The van der Waals surface area contributed by atoms with Crippen molar-refractivity contribution in [2.45, 2.75) is 31.6 Å². The number of nitrogens with one attached hydrogen (secondary N) is 2. The topological polar surface area (TPSA) is 58.2 Å². The van der Waals surface area contributed by atoms with Crippen LogP contribution in [-0.4, -0.2) is 11.7 Å². The molecule has 0 fully saturated rings. The van der Waals surface area contributed by atoms with Gasteiger partial charge in [-0.15, -0.1) is 0 Å². The number of allylic oxidation sites excluding steroid dienone is 3. The van der Waals surface area contributed by atoms with Gasteiger partial charge in [-0.2, -0.15) is 0 Å². The highest BCUT2D eigenvalue weighted by Crippen LogP contribution is 2.45. The molecule has 182 valence electrons. The van der Waals surface area contributed by atoms with Crippen LogP contribution < -0.4 is 10.6 Å². The van der Waals surface area contributed by atoms with Crippen LogP contribution in [0.4, 0.5) is 18.9 Å². The molecule has 1 aliphatic heterocycles. The summed E-state index contributed by atoms with van der Waals surface area (Å²) in [4.78, 5) is 27.0. The van der Waals surface area contributed by atoms with Crippen molar-refractivity contribution in [1.29, 1.82) is 0 Å². The predicted octanol–water partition coefficient (Wildman–Crippen LogP) is 6.10. The lowest BCUT2D eigenvalue weighted by Gasteiger charge is -2.37. The number of benzene rings is 3. The first-order chi connectivity index (χ1) is 17.3. The minimum absolute atomic E-state index is 0.0182. The number of amides is 1. The Morgan fingerprint density at radius 1 is 0.889 bits per heavy atom. The minimum Gasteiger partial charge on any atom is -0.362 e. The highest BCUT2D eigenvalue weighted by atomic mass is 19.1. The molecule has 0 bridgehead atoms. The lowest BCUT2D eigenvalue weighted by atomic mass is 9.71. The van der Waals surface area contributed by atoms with Crippen LogP contribution in [0.25, 0.3) is 0 Å². The summed E-state index contributed by atoms with van der Waals surface area (Å²) in [5, 5.41) is 5.76. The molecular weight excluding hydrogens is 465 g/mol. The molecule has 1 heterocycles. The molecular formula is C29H23F3N2O2. The van der Waals surface area contributed by atoms with E-state index in [1.807, 2.05) is 30.3 Å². The number of hydrogen-bond acceptors (Lipinski definition) is 3. The van der Waals surface area contributed by atoms with E-state index in [4.69, 9.17) is 0 Å². The van der Waals surface area contributed by atoms with Gasteiger partial charge in [0, 0.05) is 40.9 Å². The third kappa shape index (κ3) is 4.44. The summed E-state index contributed by atoms with van der Waals surface area (Å²) in [6.07, 6.45) is 0.838. The third-order valence-electron chi connectivity index (χ3n) is 6.73. The number of halogens is 3. The maximum Gasteiger partial charge on any atom is 0.254 e. The van der Waals surface area contributed by atoms with Crippen molar-refractivity contribution in [3.63, 3.8) is 0 Å². The zero-order chi connectivity index (χ0) is 25.4. The van der Waals surface area contributed by atoms with Crippen LogP contribution in [-0.2, 0) is 9.59 Å². The summed E-state index contributed by atoms with van der Waals surface area (Å²) in [5.41, 5.74) is 3.33. The van der Waals surface area contributed by atoms with E-state index in [2.05, 4.69) is 10.6 Å². The van der Waals surface area contributed by atoms with Gasteiger partial charge in [0.2, 0.25) is 0 Å². The van der Waals surface area contributed by atoms with E-state index in [0.29, 0.717) is 29.3 Å². The fraction of sp³-hybridized carbons (Fsp3) is 0.172.